The number of nitrogens with zero attached hydrogens (tertiary/aromatic N) is 7. The molecule has 0 aromatic carbocycles. The number of allylic oxidation sites excluding steroid dienone is 2. The highest BCUT2D eigenvalue weighted by Gasteiger charge is 2.54. The quantitative estimate of drug-likeness (QED) is 0.0754. The molecule has 0 aromatic rings. The van der Waals surface area contributed by atoms with Crippen LogP contribution in [0.2, 0.25) is 0 Å². The van der Waals surface area contributed by atoms with Gasteiger partial charge < -0.3 is 66.0 Å². The number of hydrogen-bond donors (Lipinski definition) is 6. The molecule has 25 heteroatoms. The summed E-state index contributed by atoms with van der Waals surface area (Å²) in [5.74, 6) is -9.75. The minimum Gasteiger partial charge on any atom is -0.390 e. The van der Waals surface area contributed by atoms with Gasteiger partial charge in [0.25, 0.3) is 5.91 Å². The first-order chi connectivity index (χ1) is 42.8. The summed E-state index contributed by atoms with van der Waals surface area (Å²) in [6.07, 6.45) is 2.93. The number of rotatable bonds is 19. The second kappa shape index (κ2) is 38.1. The zero-order valence-corrected chi connectivity index (χ0v) is 62.6. The van der Waals surface area contributed by atoms with E-state index in [4.69, 9.17) is 0 Å². The van der Waals surface area contributed by atoms with E-state index in [-0.39, 0.29) is 67.1 Å². The first-order valence-electron chi connectivity index (χ1n) is 33.5. The summed E-state index contributed by atoms with van der Waals surface area (Å²) in [6.45, 7) is 35.9. The Bertz CT molecular complexity index is 2560. The first-order valence-corrected chi connectivity index (χ1v) is 34.5. The molecule has 11 amide bonds. The van der Waals surface area contributed by atoms with Gasteiger partial charge in [-0.1, -0.05) is 109 Å². The molecule has 1 aliphatic heterocycles. The van der Waals surface area contributed by atoms with Crippen LogP contribution in [-0.2, 0) is 52.7 Å². The molecule has 93 heavy (non-hydrogen) atoms. The van der Waals surface area contributed by atoms with Gasteiger partial charge in [0.15, 0.2) is 4.87 Å². The lowest BCUT2D eigenvalue weighted by Gasteiger charge is -2.48. The highest BCUT2D eigenvalue weighted by Crippen LogP contribution is 2.40. The van der Waals surface area contributed by atoms with Crippen molar-refractivity contribution >= 4 is 76.7 Å². The highest BCUT2D eigenvalue weighted by molar-refractivity contribution is 8.01. The van der Waals surface area contributed by atoms with Crippen molar-refractivity contribution in [3.05, 3.63) is 12.2 Å². The van der Waals surface area contributed by atoms with Gasteiger partial charge in [0.05, 0.1) is 12.6 Å². The molecule has 0 aromatic heterocycles. The molecule has 1 rings (SSSR count). The van der Waals surface area contributed by atoms with Gasteiger partial charge in [0, 0.05) is 67.2 Å². The van der Waals surface area contributed by atoms with Crippen molar-refractivity contribution in [1.29, 1.82) is 0 Å². The third-order valence-corrected chi connectivity index (χ3v) is 19.2. The Morgan fingerprint density at radius 2 is 1.02 bits per heavy atom. The Balaban J connectivity index is 4.59. The van der Waals surface area contributed by atoms with Crippen LogP contribution in [0.1, 0.15) is 177 Å². The molecule has 0 spiro atoms. The molecule has 0 aliphatic carbocycles. The summed E-state index contributed by atoms with van der Waals surface area (Å²) in [7, 11) is 10.1. The van der Waals surface area contributed by atoms with Crippen LogP contribution in [0.25, 0.3) is 0 Å². The topological polar surface area (TPSA) is 291 Å². The van der Waals surface area contributed by atoms with Gasteiger partial charge in [0.1, 0.15) is 54.4 Å². The molecule has 0 unspecified atom stereocenters. The molecular formula is C68H124N12O12S. The van der Waals surface area contributed by atoms with Crippen molar-refractivity contribution in [2.75, 3.05) is 68.2 Å². The lowest BCUT2D eigenvalue weighted by molar-refractivity contribution is -0.159. The van der Waals surface area contributed by atoms with E-state index in [2.05, 4.69) is 26.6 Å². The van der Waals surface area contributed by atoms with E-state index in [0.29, 0.717) is 13.0 Å². The predicted molar refractivity (Wildman–Crippen MR) is 368 cm³/mol. The molecule has 0 bridgehead atoms. The van der Waals surface area contributed by atoms with E-state index in [1.807, 2.05) is 89.2 Å². The third-order valence-electron chi connectivity index (χ3n) is 17.4. The SMILES string of the molecule is C/C=C/C[C@@H](C)[C@@H](O)[C@H]1C(=O)N[C@@H](CC)C(=O)N(C)CC(=O)N(C)[C@@H](CC(C)C)C(=O)N[C@@H](C(C)C)C(=O)N(C)[C@@H](CC(C)C)C(=O)N[C@@H](C)C(=O)N[C@H](C)C(=O)N(C)[C@@H](CC(C)C)C(=O)N(C)[C@@H](CC(C)C)C(=O)N(C)[C@](SCCNC(C)(C)C)(C(C)C)C(=O)N1C. The maximum atomic E-state index is 16.2. The number of aliphatic hydroxyl groups is 1. The van der Waals surface area contributed by atoms with Crippen LogP contribution in [0, 0.1) is 41.4 Å². The van der Waals surface area contributed by atoms with E-state index in [9.17, 15) is 38.7 Å². The zero-order valence-electron chi connectivity index (χ0n) is 61.8. The van der Waals surface area contributed by atoms with Crippen LogP contribution in [0.4, 0.5) is 0 Å². The van der Waals surface area contributed by atoms with E-state index in [1.165, 1.54) is 99.4 Å². The second-order valence-corrected chi connectivity index (χ2v) is 30.5. The normalized spacial score (nSPS) is 26.6. The Labute approximate surface area is 562 Å². The van der Waals surface area contributed by atoms with E-state index >= 15 is 19.2 Å². The van der Waals surface area contributed by atoms with Crippen LogP contribution in [0.5, 0.6) is 0 Å². The Hall–Kier alpha value is -5.82. The molecule has 6 N–H and O–H groups in total. The van der Waals surface area contributed by atoms with Crippen molar-refractivity contribution in [3.8, 4) is 0 Å². The Morgan fingerprint density at radius 1 is 0.570 bits per heavy atom. The summed E-state index contributed by atoms with van der Waals surface area (Å²) < 4.78 is 0. The Morgan fingerprint density at radius 3 is 1.48 bits per heavy atom. The van der Waals surface area contributed by atoms with E-state index < -0.39 is 155 Å². The fourth-order valence-corrected chi connectivity index (χ4v) is 13.0. The molecule has 1 saturated heterocycles. The number of carbonyl (C=O) groups excluding carboxylic acids is 11. The molecular weight excluding hydrogens is 1210 g/mol. The van der Waals surface area contributed by atoms with Crippen molar-refractivity contribution in [3.63, 3.8) is 0 Å². The van der Waals surface area contributed by atoms with Gasteiger partial charge in [-0.05, 0) is 121 Å². The van der Waals surface area contributed by atoms with Crippen LogP contribution in [-0.4, -0.2) is 243 Å². The molecule has 12 atom stereocenters. The number of hydrogen-bond acceptors (Lipinski definition) is 14. The number of nitrogens with one attached hydrogen (secondary N) is 5. The fourth-order valence-electron chi connectivity index (χ4n) is 11.6. The smallest absolute Gasteiger partial charge is 0.259 e. The maximum absolute atomic E-state index is 16.2. The Kier molecular flexibility index (Phi) is 34.9. The van der Waals surface area contributed by atoms with Gasteiger partial charge in [-0.25, -0.2) is 0 Å². The molecule has 1 fully saturated rings. The number of likely N-dealkylation sites (N-methyl/N-ethyl adjacent to an activating group) is 7. The van der Waals surface area contributed by atoms with Gasteiger partial charge in [0.2, 0.25) is 59.1 Å². The minimum atomic E-state index is -1.84. The number of carbonyl (C=O) groups is 11. The van der Waals surface area contributed by atoms with Gasteiger partial charge in [-0.15, -0.1) is 11.8 Å². The molecule has 0 radical (unpaired) electrons. The van der Waals surface area contributed by atoms with Crippen molar-refractivity contribution < 1.29 is 57.8 Å². The van der Waals surface area contributed by atoms with Crippen LogP contribution < -0.4 is 26.6 Å². The van der Waals surface area contributed by atoms with E-state index in [0.717, 1.165) is 9.80 Å². The molecule has 534 valence electrons. The zero-order chi connectivity index (χ0) is 72.2. The summed E-state index contributed by atoms with van der Waals surface area (Å²) in [6, 6.07) is -11.3. The highest BCUT2D eigenvalue weighted by atomic mass is 32.2. The molecule has 1 aliphatic rings. The molecule has 0 saturated carbocycles. The third kappa shape index (κ3) is 24.1. The van der Waals surface area contributed by atoms with Crippen LogP contribution >= 0.6 is 11.8 Å². The standard InChI is InChI=1S/C68H124N12O12S/c1-28-30-31-45(15)56(82)55-60(86)72-48(29-2)62(88)74(21)38-53(81)75(22)49(34-39(3)4)59(85)73-54(43(11)12)65(91)76(23)50(35-40(5)6)58(84)70-46(16)57(83)71-47(17)61(87)77(24)51(36-41(7)8)63(89)78(25)52(37-42(9)10)64(90)80(27)68(44(13)14,66(92)79(55)26)93-33-32-69-67(18,19)20/h28,30,39-52,54-56,69,82H,29,31-38H2,1-27H3,(H,70,84)(H,71,83)(H,72,86)(H,73,85)/b30-28+/t45-,46+,47-,48+,49+,50+,51+,52+,54+,55+,56-,68+/m1/s1. The van der Waals surface area contributed by atoms with Gasteiger partial charge in [-0.3, -0.25) is 52.7 Å². The number of aliphatic hydroxyl groups excluding tert-OH is 1. The van der Waals surface area contributed by atoms with Gasteiger partial charge in [-0.2, -0.15) is 0 Å². The van der Waals surface area contributed by atoms with Gasteiger partial charge >= 0.3 is 0 Å². The monoisotopic (exact) mass is 1330 g/mol. The molecule has 1 heterocycles. The number of thioether (sulfide) groups is 1. The first kappa shape index (κ1) is 85.2. The summed E-state index contributed by atoms with van der Waals surface area (Å²) >= 11 is 1.17. The van der Waals surface area contributed by atoms with Crippen molar-refractivity contribution in [2.24, 2.45) is 41.4 Å². The second-order valence-electron chi connectivity index (χ2n) is 29.2. The summed E-state index contributed by atoms with van der Waals surface area (Å²) in [5, 5.41) is 27.0. The average Bonchev–Trinajstić information content (AvgIpc) is 0.763. The lowest BCUT2D eigenvalue weighted by atomic mass is 9.91. The number of amides is 11. The fraction of sp³-hybridized carbons (Fsp3) is 0.809. The van der Waals surface area contributed by atoms with Crippen molar-refractivity contribution in [2.45, 2.75) is 248 Å². The maximum Gasteiger partial charge on any atom is 0.259 e. The summed E-state index contributed by atoms with van der Waals surface area (Å²) in [5.41, 5.74) is -0.344. The van der Waals surface area contributed by atoms with Crippen LogP contribution in [0.15, 0.2) is 12.2 Å². The van der Waals surface area contributed by atoms with Crippen molar-refractivity contribution in [1.82, 2.24) is 60.9 Å². The molecule has 24 nitrogen and oxygen atoms in total. The average molecular weight is 1330 g/mol. The lowest BCUT2D eigenvalue weighted by Crippen LogP contribution is -2.68. The minimum absolute atomic E-state index is 0.00694. The van der Waals surface area contributed by atoms with E-state index in [1.54, 1.807) is 47.6 Å². The largest absolute Gasteiger partial charge is 0.390 e. The summed E-state index contributed by atoms with van der Waals surface area (Å²) in [4.78, 5) is 171. The predicted octanol–water partition coefficient (Wildman–Crippen LogP) is 4.72. The van der Waals surface area contributed by atoms with Crippen LogP contribution in [0.3, 0.4) is 0 Å².